The monoisotopic (exact) mass is 474 g/mol. The SMILES string of the molecule is C=CCN(CC=C)C(=O)Cn1c(CCCCCNC(=O)c2ccccc2OC)nc2ccccc21. The normalized spacial score (nSPS) is 10.7. The van der Waals surface area contributed by atoms with Crippen LogP contribution < -0.4 is 10.1 Å². The zero-order chi connectivity index (χ0) is 25.0. The number of amides is 2. The Balaban J connectivity index is 1.56. The summed E-state index contributed by atoms with van der Waals surface area (Å²) in [5.41, 5.74) is 2.38. The number of aryl methyl sites for hydroxylation is 1. The maximum Gasteiger partial charge on any atom is 0.255 e. The highest BCUT2D eigenvalue weighted by atomic mass is 16.5. The molecule has 0 atom stereocenters. The summed E-state index contributed by atoms with van der Waals surface area (Å²) in [6.07, 6.45) is 6.90. The maximum atomic E-state index is 13.0. The van der Waals surface area contributed by atoms with Crippen LogP contribution in [0.25, 0.3) is 11.0 Å². The minimum absolute atomic E-state index is 0.00764. The van der Waals surface area contributed by atoms with Crippen molar-refractivity contribution >= 4 is 22.8 Å². The van der Waals surface area contributed by atoms with E-state index in [9.17, 15) is 9.59 Å². The van der Waals surface area contributed by atoms with Crippen LogP contribution in [0.4, 0.5) is 0 Å². The third kappa shape index (κ3) is 6.82. The summed E-state index contributed by atoms with van der Waals surface area (Å²) < 4.78 is 7.27. The van der Waals surface area contributed by atoms with Crippen LogP contribution in [0.5, 0.6) is 5.75 Å². The topological polar surface area (TPSA) is 76.5 Å². The molecule has 0 saturated heterocycles. The highest BCUT2D eigenvalue weighted by molar-refractivity contribution is 5.96. The number of carbonyl (C=O) groups is 2. The molecular formula is C28H34N4O3. The van der Waals surface area contributed by atoms with Crippen molar-refractivity contribution in [3.8, 4) is 5.75 Å². The van der Waals surface area contributed by atoms with Crippen LogP contribution in [0.3, 0.4) is 0 Å². The molecule has 0 spiro atoms. The Morgan fingerprint density at radius 1 is 1.03 bits per heavy atom. The van der Waals surface area contributed by atoms with Gasteiger partial charge in [0.2, 0.25) is 5.91 Å². The molecule has 0 saturated carbocycles. The third-order valence-electron chi connectivity index (χ3n) is 5.79. The van der Waals surface area contributed by atoms with Gasteiger partial charge in [0.05, 0.1) is 23.7 Å². The summed E-state index contributed by atoms with van der Waals surface area (Å²) in [4.78, 5) is 31.9. The minimum Gasteiger partial charge on any atom is -0.496 e. The number of ether oxygens (including phenoxy) is 1. The quantitative estimate of drug-likeness (QED) is 0.278. The highest BCUT2D eigenvalue weighted by Gasteiger charge is 2.17. The number of methoxy groups -OCH3 is 1. The Labute approximate surface area is 207 Å². The Bertz CT molecular complexity index is 1160. The summed E-state index contributed by atoms with van der Waals surface area (Å²) in [5, 5.41) is 2.96. The van der Waals surface area contributed by atoms with Gasteiger partial charge >= 0.3 is 0 Å². The van der Waals surface area contributed by atoms with E-state index in [2.05, 4.69) is 18.5 Å². The number of para-hydroxylation sites is 3. The number of rotatable bonds is 14. The van der Waals surface area contributed by atoms with Crippen LogP contribution in [-0.2, 0) is 17.8 Å². The minimum atomic E-state index is -0.133. The van der Waals surface area contributed by atoms with E-state index in [0.717, 1.165) is 42.5 Å². The zero-order valence-electron chi connectivity index (χ0n) is 20.4. The second-order valence-electron chi connectivity index (χ2n) is 8.25. The van der Waals surface area contributed by atoms with Crippen molar-refractivity contribution in [3.05, 3.63) is 85.2 Å². The Morgan fingerprint density at radius 3 is 2.49 bits per heavy atom. The van der Waals surface area contributed by atoms with Crippen molar-refractivity contribution in [2.24, 2.45) is 0 Å². The molecule has 0 aliphatic rings. The van der Waals surface area contributed by atoms with Gasteiger partial charge in [0.25, 0.3) is 5.91 Å². The number of fused-ring (bicyclic) bond motifs is 1. The molecule has 3 aromatic rings. The summed E-state index contributed by atoms with van der Waals surface area (Å²) in [7, 11) is 1.56. The first-order valence-electron chi connectivity index (χ1n) is 11.9. The van der Waals surface area contributed by atoms with E-state index in [1.807, 2.05) is 41.0 Å². The molecule has 7 heteroatoms. The van der Waals surface area contributed by atoms with E-state index in [0.29, 0.717) is 30.9 Å². The molecule has 0 fully saturated rings. The molecule has 0 bridgehead atoms. The average Bonchev–Trinajstić information content (AvgIpc) is 3.22. The first-order chi connectivity index (χ1) is 17.1. The van der Waals surface area contributed by atoms with Crippen molar-refractivity contribution in [2.75, 3.05) is 26.7 Å². The lowest BCUT2D eigenvalue weighted by Gasteiger charge is -2.20. The average molecular weight is 475 g/mol. The summed E-state index contributed by atoms with van der Waals surface area (Å²) in [6.45, 7) is 9.28. The van der Waals surface area contributed by atoms with Crippen LogP contribution in [0.2, 0.25) is 0 Å². The molecule has 0 unspecified atom stereocenters. The van der Waals surface area contributed by atoms with Crippen LogP contribution in [-0.4, -0.2) is 53.0 Å². The first-order valence-corrected chi connectivity index (χ1v) is 11.9. The second-order valence-corrected chi connectivity index (χ2v) is 8.25. The third-order valence-corrected chi connectivity index (χ3v) is 5.79. The molecule has 1 heterocycles. The van der Waals surface area contributed by atoms with Gasteiger partial charge in [-0.15, -0.1) is 13.2 Å². The van der Waals surface area contributed by atoms with Gasteiger partial charge in [0.15, 0.2) is 0 Å². The fraction of sp³-hybridized carbons (Fsp3) is 0.321. The number of nitrogens with zero attached hydrogens (tertiary/aromatic N) is 3. The number of aromatic nitrogens is 2. The molecule has 1 N–H and O–H groups in total. The molecule has 2 amide bonds. The zero-order valence-corrected chi connectivity index (χ0v) is 20.4. The summed E-state index contributed by atoms with van der Waals surface area (Å²) in [6, 6.07) is 15.1. The number of hydrogen-bond acceptors (Lipinski definition) is 4. The number of unbranched alkanes of at least 4 members (excludes halogenated alkanes) is 2. The van der Waals surface area contributed by atoms with E-state index >= 15 is 0 Å². The molecule has 0 aliphatic carbocycles. The van der Waals surface area contributed by atoms with Crippen molar-refractivity contribution in [2.45, 2.75) is 32.2 Å². The fourth-order valence-corrected chi connectivity index (χ4v) is 4.03. The van der Waals surface area contributed by atoms with Crippen molar-refractivity contribution < 1.29 is 14.3 Å². The first kappa shape index (κ1) is 25.7. The van der Waals surface area contributed by atoms with Gasteiger partial charge in [-0.1, -0.05) is 42.8 Å². The number of imidazole rings is 1. The van der Waals surface area contributed by atoms with Crippen molar-refractivity contribution in [3.63, 3.8) is 0 Å². The molecule has 3 rings (SSSR count). The van der Waals surface area contributed by atoms with Gasteiger partial charge in [0, 0.05) is 26.1 Å². The molecule has 7 nitrogen and oxygen atoms in total. The molecule has 35 heavy (non-hydrogen) atoms. The highest BCUT2D eigenvalue weighted by Crippen LogP contribution is 2.19. The van der Waals surface area contributed by atoms with Crippen LogP contribution in [0.1, 0.15) is 35.4 Å². The number of hydrogen-bond donors (Lipinski definition) is 1. The van der Waals surface area contributed by atoms with Crippen molar-refractivity contribution in [1.29, 1.82) is 0 Å². The Hall–Kier alpha value is -3.87. The lowest BCUT2D eigenvalue weighted by Crippen LogP contribution is -2.34. The van der Waals surface area contributed by atoms with Gasteiger partial charge in [-0.3, -0.25) is 9.59 Å². The van der Waals surface area contributed by atoms with E-state index in [-0.39, 0.29) is 18.4 Å². The smallest absolute Gasteiger partial charge is 0.255 e. The number of carbonyl (C=O) groups excluding carboxylic acids is 2. The molecule has 184 valence electrons. The maximum absolute atomic E-state index is 13.0. The molecule has 2 aromatic carbocycles. The van der Waals surface area contributed by atoms with Gasteiger partial charge in [0.1, 0.15) is 18.1 Å². The van der Waals surface area contributed by atoms with Gasteiger partial charge < -0.3 is 19.5 Å². The number of benzene rings is 2. The second kappa shape index (κ2) is 13.1. The van der Waals surface area contributed by atoms with E-state index in [1.165, 1.54) is 0 Å². The van der Waals surface area contributed by atoms with Gasteiger partial charge in [-0.05, 0) is 37.1 Å². The molecule has 0 radical (unpaired) electrons. The van der Waals surface area contributed by atoms with Crippen LogP contribution in [0.15, 0.2) is 73.8 Å². The van der Waals surface area contributed by atoms with Crippen LogP contribution in [0, 0.1) is 0 Å². The predicted molar refractivity (Wildman–Crippen MR) is 140 cm³/mol. The molecule has 1 aromatic heterocycles. The Kier molecular flexibility index (Phi) is 9.66. The lowest BCUT2D eigenvalue weighted by molar-refractivity contribution is -0.130. The molecular weight excluding hydrogens is 440 g/mol. The summed E-state index contributed by atoms with van der Waals surface area (Å²) >= 11 is 0. The van der Waals surface area contributed by atoms with E-state index in [1.54, 1.807) is 36.3 Å². The van der Waals surface area contributed by atoms with Crippen LogP contribution >= 0.6 is 0 Å². The van der Waals surface area contributed by atoms with Gasteiger partial charge in [-0.2, -0.15) is 0 Å². The van der Waals surface area contributed by atoms with Crippen molar-refractivity contribution in [1.82, 2.24) is 19.8 Å². The standard InChI is InChI=1S/C28H34N4O3/c1-4-19-31(20-5-2)27(33)21-32-24-15-10-9-14-23(24)30-26(32)17-7-6-12-18-29-28(34)22-13-8-11-16-25(22)35-3/h4-5,8-11,13-16H,1-2,6-7,12,17-21H2,3H3,(H,29,34). The fourth-order valence-electron chi connectivity index (χ4n) is 4.03. The summed E-state index contributed by atoms with van der Waals surface area (Å²) in [5.74, 6) is 1.34. The Morgan fingerprint density at radius 2 is 1.74 bits per heavy atom. The van der Waals surface area contributed by atoms with E-state index < -0.39 is 0 Å². The van der Waals surface area contributed by atoms with Gasteiger partial charge in [-0.25, -0.2) is 4.98 Å². The lowest BCUT2D eigenvalue weighted by atomic mass is 10.1. The van der Waals surface area contributed by atoms with E-state index in [4.69, 9.17) is 9.72 Å². The predicted octanol–water partition coefficient (Wildman–Crippen LogP) is 4.39. The number of nitrogens with one attached hydrogen (secondary N) is 1. The molecule has 0 aliphatic heterocycles. The largest absolute Gasteiger partial charge is 0.496 e.